The van der Waals surface area contributed by atoms with E-state index in [-0.39, 0.29) is 12.4 Å². The number of hydrazine groups is 1. The van der Waals surface area contributed by atoms with Gasteiger partial charge in [0.05, 0.1) is 16.7 Å². The van der Waals surface area contributed by atoms with Crippen LogP contribution in [0.5, 0.6) is 5.75 Å². The zero-order valence-corrected chi connectivity index (χ0v) is 11.0. The van der Waals surface area contributed by atoms with Gasteiger partial charge in [0, 0.05) is 0 Å². The Kier molecular flexibility index (Phi) is 4.25. The maximum absolute atomic E-state index is 11.2. The SMILES string of the molecule is N#Cc1ccc(OCc2ccc(C(=O)NN)o2)c(Cl)c1. The molecule has 2 aromatic rings. The monoisotopic (exact) mass is 291 g/mol. The Morgan fingerprint density at radius 1 is 1.45 bits per heavy atom. The van der Waals surface area contributed by atoms with Crippen molar-refractivity contribution in [1.82, 2.24) is 5.43 Å². The fourth-order valence-corrected chi connectivity index (χ4v) is 1.72. The zero-order valence-electron chi connectivity index (χ0n) is 10.2. The van der Waals surface area contributed by atoms with Crippen LogP contribution in [0.4, 0.5) is 0 Å². The van der Waals surface area contributed by atoms with Crippen LogP contribution in [0.15, 0.2) is 34.7 Å². The molecule has 102 valence electrons. The Bertz CT molecular complexity index is 676. The molecule has 0 spiro atoms. The molecule has 0 unspecified atom stereocenters. The summed E-state index contributed by atoms with van der Waals surface area (Å²) in [6.45, 7) is 0.101. The first-order chi connectivity index (χ1) is 9.63. The highest BCUT2D eigenvalue weighted by Gasteiger charge is 2.10. The number of rotatable bonds is 4. The Labute approximate surface area is 119 Å². The van der Waals surface area contributed by atoms with Crippen LogP contribution in [0.2, 0.25) is 5.02 Å². The van der Waals surface area contributed by atoms with Crippen molar-refractivity contribution >= 4 is 17.5 Å². The molecule has 1 amide bonds. The second-order valence-electron chi connectivity index (χ2n) is 3.79. The number of nitrogens with one attached hydrogen (secondary N) is 1. The summed E-state index contributed by atoms with van der Waals surface area (Å²) in [5.74, 6) is 5.44. The molecule has 0 atom stereocenters. The highest BCUT2D eigenvalue weighted by molar-refractivity contribution is 6.32. The van der Waals surface area contributed by atoms with Crippen molar-refractivity contribution in [3.05, 3.63) is 52.4 Å². The maximum atomic E-state index is 11.2. The van der Waals surface area contributed by atoms with Crippen molar-refractivity contribution < 1.29 is 13.9 Å². The Balaban J connectivity index is 2.04. The lowest BCUT2D eigenvalue weighted by molar-refractivity contribution is 0.0922. The van der Waals surface area contributed by atoms with Crippen LogP contribution >= 0.6 is 11.6 Å². The minimum atomic E-state index is -0.521. The molecule has 3 N–H and O–H groups in total. The number of furan rings is 1. The Hall–Kier alpha value is -2.49. The maximum Gasteiger partial charge on any atom is 0.300 e. The molecule has 7 heteroatoms. The highest BCUT2D eigenvalue weighted by atomic mass is 35.5. The third-order valence-electron chi connectivity index (χ3n) is 2.45. The normalized spacial score (nSPS) is 9.85. The summed E-state index contributed by atoms with van der Waals surface area (Å²) in [4.78, 5) is 11.2. The number of amides is 1. The molecule has 0 saturated carbocycles. The lowest BCUT2D eigenvalue weighted by Gasteiger charge is -2.06. The van der Waals surface area contributed by atoms with Crippen molar-refractivity contribution in [2.24, 2.45) is 5.84 Å². The largest absolute Gasteiger partial charge is 0.484 e. The van der Waals surface area contributed by atoms with Gasteiger partial charge in [-0.2, -0.15) is 5.26 Å². The number of ether oxygens (including phenoxy) is 1. The van der Waals surface area contributed by atoms with Gasteiger partial charge in [-0.15, -0.1) is 0 Å². The summed E-state index contributed by atoms with van der Waals surface area (Å²) in [5.41, 5.74) is 2.41. The molecule has 0 aliphatic rings. The van der Waals surface area contributed by atoms with E-state index in [1.807, 2.05) is 11.5 Å². The lowest BCUT2D eigenvalue weighted by Crippen LogP contribution is -2.29. The quantitative estimate of drug-likeness (QED) is 0.509. The van der Waals surface area contributed by atoms with E-state index >= 15 is 0 Å². The fraction of sp³-hybridized carbons (Fsp3) is 0.0769. The van der Waals surface area contributed by atoms with Gasteiger partial charge in [0.25, 0.3) is 0 Å². The van der Waals surface area contributed by atoms with Crippen molar-refractivity contribution in [1.29, 1.82) is 5.26 Å². The van der Waals surface area contributed by atoms with Gasteiger partial charge in [-0.25, -0.2) is 5.84 Å². The molecular formula is C13H10ClN3O3. The van der Waals surface area contributed by atoms with Crippen LogP contribution in [-0.4, -0.2) is 5.91 Å². The third kappa shape index (κ3) is 3.09. The molecule has 0 fully saturated rings. The molecule has 0 bridgehead atoms. The van der Waals surface area contributed by atoms with Crippen LogP contribution in [0.25, 0.3) is 0 Å². The Morgan fingerprint density at radius 3 is 2.90 bits per heavy atom. The number of halogens is 1. The van der Waals surface area contributed by atoms with Gasteiger partial charge in [-0.05, 0) is 30.3 Å². The molecular weight excluding hydrogens is 282 g/mol. The van der Waals surface area contributed by atoms with E-state index in [0.29, 0.717) is 22.1 Å². The fourth-order valence-electron chi connectivity index (χ4n) is 1.48. The molecule has 1 aromatic carbocycles. The van der Waals surface area contributed by atoms with Crippen LogP contribution in [0.3, 0.4) is 0 Å². The first-order valence-corrected chi connectivity index (χ1v) is 5.94. The van der Waals surface area contributed by atoms with Crippen LogP contribution < -0.4 is 16.0 Å². The van der Waals surface area contributed by atoms with E-state index in [2.05, 4.69) is 0 Å². The van der Waals surface area contributed by atoms with Crippen LogP contribution in [0.1, 0.15) is 21.9 Å². The van der Waals surface area contributed by atoms with E-state index in [0.717, 1.165) is 0 Å². The molecule has 0 aliphatic heterocycles. The van der Waals surface area contributed by atoms with Gasteiger partial charge >= 0.3 is 5.91 Å². The molecule has 0 radical (unpaired) electrons. The summed E-state index contributed by atoms with van der Waals surface area (Å²) >= 11 is 5.97. The average Bonchev–Trinajstić information content (AvgIpc) is 2.94. The number of hydrogen-bond acceptors (Lipinski definition) is 5. The van der Waals surface area contributed by atoms with Gasteiger partial charge in [0.1, 0.15) is 18.1 Å². The number of nitrogens with zero attached hydrogens (tertiary/aromatic N) is 1. The van der Waals surface area contributed by atoms with Gasteiger partial charge in [0.2, 0.25) is 0 Å². The molecule has 6 nitrogen and oxygen atoms in total. The molecule has 0 saturated heterocycles. The minimum Gasteiger partial charge on any atom is -0.484 e. The third-order valence-corrected chi connectivity index (χ3v) is 2.74. The van der Waals surface area contributed by atoms with E-state index in [1.165, 1.54) is 12.1 Å². The number of benzene rings is 1. The van der Waals surface area contributed by atoms with E-state index in [4.69, 9.17) is 31.9 Å². The topological polar surface area (TPSA) is 101 Å². The van der Waals surface area contributed by atoms with E-state index in [9.17, 15) is 4.79 Å². The van der Waals surface area contributed by atoms with Crippen molar-refractivity contribution in [2.75, 3.05) is 0 Å². The highest BCUT2D eigenvalue weighted by Crippen LogP contribution is 2.26. The number of nitriles is 1. The van der Waals surface area contributed by atoms with Crippen molar-refractivity contribution in [2.45, 2.75) is 6.61 Å². The number of carbonyl (C=O) groups is 1. The summed E-state index contributed by atoms with van der Waals surface area (Å²) in [6.07, 6.45) is 0. The molecule has 2 rings (SSSR count). The van der Waals surface area contributed by atoms with Crippen molar-refractivity contribution in [3.63, 3.8) is 0 Å². The van der Waals surface area contributed by atoms with Gasteiger partial charge < -0.3 is 9.15 Å². The van der Waals surface area contributed by atoms with Gasteiger partial charge in [0.15, 0.2) is 5.76 Å². The second-order valence-corrected chi connectivity index (χ2v) is 4.19. The molecule has 0 aliphatic carbocycles. The minimum absolute atomic E-state index is 0.0945. The van der Waals surface area contributed by atoms with Crippen molar-refractivity contribution in [3.8, 4) is 11.8 Å². The van der Waals surface area contributed by atoms with E-state index < -0.39 is 5.91 Å². The second kappa shape index (κ2) is 6.10. The first kappa shape index (κ1) is 13.9. The summed E-state index contributed by atoms with van der Waals surface area (Å²) < 4.78 is 10.7. The summed E-state index contributed by atoms with van der Waals surface area (Å²) in [7, 11) is 0. The van der Waals surface area contributed by atoms with Gasteiger partial charge in [-0.1, -0.05) is 11.6 Å². The Morgan fingerprint density at radius 2 is 2.25 bits per heavy atom. The number of nitrogen functional groups attached to an aromatic ring is 1. The predicted molar refractivity (Wildman–Crippen MR) is 70.9 cm³/mol. The summed E-state index contributed by atoms with van der Waals surface area (Å²) in [6, 6.07) is 9.76. The predicted octanol–water partition coefficient (Wildman–Crippen LogP) is 1.99. The lowest BCUT2D eigenvalue weighted by atomic mass is 10.2. The smallest absolute Gasteiger partial charge is 0.300 e. The average molecular weight is 292 g/mol. The molecule has 1 heterocycles. The van der Waals surface area contributed by atoms with Gasteiger partial charge in [-0.3, -0.25) is 10.2 Å². The van der Waals surface area contributed by atoms with Crippen LogP contribution in [0, 0.1) is 11.3 Å². The number of hydrogen-bond donors (Lipinski definition) is 2. The number of nitrogens with two attached hydrogens (primary N) is 1. The first-order valence-electron chi connectivity index (χ1n) is 5.56. The zero-order chi connectivity index (χ0) is 14.5. The standard InChI is InChI=1S/C13H10ClN3O3/c14-10-5-8(6-15)1-3-11(10)19-7-9-2-4-12(20-9)13(18)17-16/h1-5H,7,16H2,(H,17,18). The number of carbonyl (C=O) groups excluding carboxylic acids is 1. The molecule has 20 heavy (non-hydrogen) atoms. The summed E-state index contributed by atoms with van der Waals surface area (Å²) in [5, 5.41) is 9.06. The van der Waals surface area contributed by atoms with Crippen LogP contribution in [-0.2, 0) is 6.61 Å². The molecule has 1 aromatic heterocycles. The van der Waals surface area contributed by atoms with E-state index in [1.54, 1.807) is 18.2 Å².